The van der Waals surface area contributed by atoms with Crippen molar-refractivity contribution in [3.05, 3.63) is 54.2 Å². The van der Waals surface area contributed by atoms with Gasteiger partial charge in [-0.3, -0.25) is 0 Å². The van der Waals surface area contributed by atoms with Crippen molar-refractivity contribution < 1.29 is 4.79 Å². The Hall–Kier alpha value is -2.56. The lowest BCUT2D eigenvalue weighted by Crippen LogP contribution is -2.39. The van der Waals surface area contributed by atoms with Crippen LogP contribution in [0.4, 0.5) is 16.3 Å². The Morgan fingerprint density at radius 1 is 1.04 bits per heavy atom. The van der Waals surface area contributed by atoms with Gasteiger partial charge < -0.3 is 16.0 Å². The van der Waals surface area contributed by atoms with Crippen molar-refractivity contribution in [2.75, 3.05) is 17.2 Å². The van der Waals surface area contributed by atoms with E-state index in [2.05, 4.69) is 33.1 Å². The average Bonchev–Trinajstić information content (AvgIpc) is 2.65. The molecule has 132 valence electrons. The molecule has 1 heterocycles. The maximum Gasteiger partial charge on any atom is 0.319 e. The summed E-state index contributed by atoms with van der Waals surface area (Å²) in [6.07, 6.45) is 8.48. The number of nitrogens with one attached hydrogen (secondary N) is 3. The zero-order chi connectivity index (χ0) is 17.3. The highest BCUT2D eigenvalue weighted by Crippen LogP contribution is 2.17. The Bertz CT molecular complexity index is 651. The number of rotatable bonds is 6. The van der Waals surface area contributed by atoms with E-state index in [0.717, 1.165) is 31.6 Å². The van der Waals surface area contributed by atoms with Crippen LogP contribution in [0.2, 0.25) is 0 Å². The smallest absolute Gasteiger partial charge is 0.319 e. The van der Waals surface area contributed by atoms with Gasteiger partial charge in [-0.05, 0) is 37.0 Å². The van der Waals surface area contributed by atoms with Gasteiger partial charge in [-0.2, -0.15) is 0 Å². The molecule has 1 aromatic heterocycles. The van der Waals surface area contributed by atoms with Gasteiger partial charge in [0.1, 0.15) is 5.82 Å². The number of benzene rings is 1. The van der Waals surface area contributed by atoms with E-state index in [1.807, 2.05) is 30.3 Å². The van der Waals surface area contributed by atoms with Crippen LogP contribution in [-0.2, 0) is 6.42 Å². The normalized spacial score (nSPS) is 14.7. The first-order valence-electron chi connectivity index (χ1n) is 9.11. The van der Waals surface area contributed by atoms with Crippen LogP contribution in [0.25, 0.3) is 0 Å². The Labute approximate surface area is 149 Å². The summed E-state index contributed by atoms with van der Waals surface area (Å²) in [5.74, 6) is 0.814. The minimum absolute atomic E-state index is 0.140. The topological polar surface area (TPSA) is 66.0 Å². The third-order valence-electron chi connectivity index (χ3n) is 4.52. The highest BCUT2D eigenvalue weighted by Gasteiger charge is 2.15. The first kappa shape index (κ1) is 17.3. The highest BCUT2D eigenvalue weighted by molar-refractivity contribution is 5.89. The fourth-order valence-electron chi connectivity index (χ4n) is 3.15. The fourth-order valence-corrected chi connectivity index (χ4v) is 3.15. The lowest BCUT2D eigenvalue weighted by molar-refractivity contribution is 0.244. The Morgan fingerprint density at radius 3 is 2.56 bits per heavy atom. The van der Waals surface area contributed by atoms with Crippen molar-refractivity contribution in [2.24, 2.45) is 0 Å². The predicted molar refractivity (Wildman–Crippen MR) is 102 cm³/mol. The number of carbonyl (C=O) groups excluding carboxylic acids is 1. The van der Waals surface area contributed by atoms with Crippen LogP contribution in [0.1, 0.15) is 37.7 Å². The predicted octanol–water partition coefficient (Wildman–Crippen LogP) is 4.19. The van der Waals surface area contributed by atoms with E-state index in [9.17, 15) is 4.79 Å². The molecule has 1 aromatic carbocycles. The van der Waals surface area contributed by atoms with Gasteiger partial charge >= 0.3 is 6.03 Å². The molecule has 0 unspecified atom stereocenters. The molecule has 0 radical (unpaired) electrons. The van der Waals surface area contributed by atoms with Crippen molar-refractivity contribution in [3.8, 4) is 0 Å². The van der Waals surface area contributed by atoms with Crippen molar-refractivity contribution in [1.29, 1.82) is 0 Å². The molecule has 0 aliphatic heterocycles. The summed E-state index contributed by atoms with van der Waals surface area (Å²) in [6, 6.07) is 14.3. The molecular weight excluding hydrogens is 312 g/mol. The van der Waals surface area contributed by atoms with Crippen LogP contribution in [0.5, 0.6) is 0 Å². The van der Waals surface area contributed by atoms with Gasteiger partial charge in [0, 0.05) is 12.6 Å². The summed E-state index contributed by atoms with van der Waals surface area (Å²) in [6.45, 7) is 0.825. The maximum absolute atomic E-state index is 12.0. The SMILES string of the molecule is O=C(Nc1ccc(NCCc2ccccc2)nc1)NC1CCCCC1. The van der Waals surface area contributed by atoms with Gasteiger partial charge in [-0.1, -0.05) is 49.6 Å². The fraction of sp³-hybridized carbons (Fsp3) is 0.400. The summed E-state index contributed by atoms with van der Waals surface area (Å²) >= 11 is 0. The Kier molecular flexibility index (Phi) is 6.26. The molecule has 0 spiro atoms. The molecule has 2 aromatic rings. The summed E-state index contributed by atoms with van der Waals surface area (Å²) in [5, 5.41) is 9.20. The molecule has 1 saturated carbocycles. The number of pyridine rings is 1. The van der Waals surface area contributed by atoms with E-state index in [1.54, 1.807) is 6.20 Å². The van der Waals surface area contributed by atoms with Crippen LogP contribution in [0, 0.1) is 0 Å². The number of nitrogens with zero attached hydrogens (tertiary/aromatic N) is 1. The van der Waals surface area contributed by atoms with E-state index in [0.29, 0.717) is 11.7 Å². The molecule has 2 amide bonds. The minimum atomic E-state index is -0.140. The van der Waals surface area contributed by atoms with E-state index in [4.69, 9.17) is 0 Å². The largest absolute Gasteiger partial charge is 0.370 e. The van der Waals surface area contributed by atoms with Crippen LogP contribution in [-0.4, -0.2) is 23.6 Å². The monoisotopic (exact) mass is 338 g/mol. The molecule has 0 atom stereocenters. The van der Waals surface area contributed by atoms with E-state index >= 15 is 0 Å². The standard InChI is InChI=1S/C20H26N4O/c25-20(23-17-9-5-2-6-10-17)24-18-11-12-19(22-15-18)21-14-13-16-7-3-1-4-8-16/h1,3-4,7-8,11-12,15,17H,2,5-6,9-10,13-14H2,(H,21,22)(H2,23,24,25). The molecule has 3 N–H and O–H groups in total. The van der Waals surface area contributed by atoms with Crippen molar-refractivity contribution in [2.45, 2.75) is 44.6 Å². The van der Waals surface area contributed by atoms with Gasteiger partial charge in [0.05, 0.1) is 11.9 Å². The molecular formula is C20H26N4O. The van der Waals surface area contributed by atoms with Crippen molar-refractivity contribution in [1.82, 2.24) is 10.3 Å². The average molecular weight is 338 g/mol. The molecule has 3 rings (SSSR count). The first-order chi connectivity index (χ1) is 12.3. The van der Waals surface area contributed by atoms with Crippen LogP contribution < -0.4 is 16.0 Å². The number of anilines is 2. The summed E-state index contributed by atoms with van der Waals surface area (Å²) in [4.78, 5) is 16.4. The van der Waals surface area contributed by atoms with Crippen LogP contribution >= 0.6 is 0 Å². The van der Waals surface area contributed by atoms with E-state index in [-0.39, 0.29) is 6.03 Å². The van der Waals surface area contributed by atoms with Gasteiger partial charge in [0.15, 0.2) is 0 Å². The second kappa shape index (κ2) is 9.06. The number of amides is 2. The number of carbonyl (C=O) groups is 1. The zero-order valence-corrected chi connectivity index (χ0v) is 14.5. The van der Waals surface area contributed by atoms with Gasteiger partial charge in [0.2, 0.25) is 0 Å². The molecule has 5 heteroatoms. The molecule has 1 aliphatic rings. The second-order valence-electron chi connectivity index (χ2n) is 6.53. The van der Waals surface area contributed by atoms with Crippen molar-refractivity contribution in [3.63, 3.8) is 0 Å². The summed E-state index contributed by atoms with van der Waals surface area (Å²) < 4.78 is 0. The number of aromatic nitrogens is 1. The number of hydrogen-bond donors (Lipinski definition) is 3. The lowest BCUT2D eigenvalue weighted by atomic mass is 9.96. The highest BCUT2D eigenvalue weighted by atomic mass is 16.2. The maximum atomic E-state index is 12.0. The molecule has 5 nitrogen and oxygen atoms in total. The summed E-state index contributed by atoms with van der Waals surface area (Å²) in [7, 11) is 0. The van der Waals surface area contributed by atoms with E-state index < -0.39 is 0 Å². The zero-order valence-electron chi connectivity index (χ0n) is 14.5. The Morgan fingerprint density at radius 2 is 1.84 bits per heavy atom. The van der Waals surface area contributed by atoms with Crippen molar-refractivity contribution >= 4 is 17.5 Å². The minimum Gasteiger partial charge on any atom is -0.370 e. The first-order valence-corrected chi connectivity index (χ1v) is 9.11. The van der Waals surface area contributed by atoms with Gasteiger partial charge in [-0.15, -0.1) is 0 Å². The summed E-state index contributed by atoms with van der Waals surface area (Å²) in [5.41, 5.74) is 2.01. The van der Waals surface area contributed by atoms with Crippen LogP contribution in [0.15, 0.2) is 48.7 Å². The van der Waals surface area contributed by atoms with E-state index in [1.165, 1.54) is 24.8 Å². The molecule has 0 bridgehead atoms. The molecule has 1 aliphatic carbocycles. The third kappa shape index (κ3) is 5.78. The molecule has 25 heavy (non-hydrogen) atoms. The van der Waals surface area contributed by atoms with Gasteiger partial charge in [0.25, 0.3) is 0 Å². The lowest BCUT2D eigenvalue weighted by Gasteiger charge is -2.22. The molecule has 1 fully saturated rings. The number of urea groups is 1. The third-order valence-corrected chi connectivity index (χ3v) is 4.52. The van der Waals surface area contributed by atoms with Gasteiger partial charge in [-0.25, -0.2) is 9.78 Å². The quantitative estimate of drug-likeness (QED) is 0.740. The number of hydrogen-bond acceptors (Lipinski definition) is 3. The molecule has 0 saturated heterocycles. The Balaban J connectivity index is 1.41. The van der Waals surface area contributed by atoms with Crippen LogP contribution in [0.3, 0.4) is 0 Å². The second-order valence-corrected chi connectivity index (χ2v) is 6.53.